The molecule has 0 saturated carbocycles. The van der Waals surface area contributed by atoms with Gasteiger partial charge in [-0.25, -0.2) is 4.79 Å². The van der Waals surface area contributed by atoms with Gasteiger partial charge >= 0.3 is 5.97 Å². The van der Waals surface area contributed by atoms with Crippen molar-refractivity contribution >= 4 is 57.8 Å². The summed E-state index contributed by atoms with van der Waals surface area (Å²) in [6.45, 7) is 2.66. The highest BCUT2D eigenvalue weighted by molar-refractivity contribution is 8.22. The number of phenols is 1. The fourth-order valence-corrected chi connectivity index (χ4v) is 7.80. The summed E-state index contributed by atoms with van der Waals surface area (Å²) in [5.74, 6) is 0.269. The molecule has 2 saturated heterocycles. The molecule has 0 bridgehead atoms. The zero-order chi connectivity index (χ0) is 30.8. The van der Waals surface area contributed by atoms with Crippen LogP contribution in [0.25, 0.3) is 0 Å². The quantitative estimate of drug-likeness (QED) is 0.260. The summed E-state index contributed by atoms with van der Waals surface area (Å²) >= 11 is 8.54. The maximum Gasteiger partial charge on any atom is 0.352 e. The van der Waals surface area contributed by atoms with Gasteiger partial charge in [-0.1, -0.05) is 42.2 Å². The first-order valence-electron chi connectivity index (χ1n) is 13.5. The molecule has 228 valence electrons. The molecular formula is C29H32N4O7S3. The number of hydrogen-bond acceptors (Lipinski definition) is 10. The molecule has 2 aromatic carbocycles. The molecule has 3 N–H and O–H groups in total. The van der Waals surface area contributed by atoms with Crippen molar-refractivity contribution < 1.29 is 34.1 Å². The molecule has 3 aliphatic rings. The van der Waals surface area contributed by atoms with E-state index in [2.05, 4.69) is 5.32 Å². The average Bonchev–Trinajstić information content (AvgIpc) is 3.00. The number of β-lactam (4-membered cyclic amide) rings is 1. The number of fused-ring (bicyclic) bond motifs is 1. The largest absolute Gasteiger partial charge is 0.508 e. The number of thioether (sulfide) groups is 2. The van der Waals surface area contributed by atoms with Crippen LogP contribution in [-0.4, -0.2) is 97.5 Å². The number of carbonyl (C=O) groups is 3. The molecule has 2 unspecified atom stereocenters. The zero-order valence-electron chi connectivity index (χ0n) is 23.8. The first-order chi connectivity index (χ1) is 20.6. The van der Waals surface area contributed by atoms with Crippen LogP contribution in [0, 0.1) is 0 Å². The minimum atomic E-state index is -1.16. The van der Waals surface area contributed by atoms with Gasteiger partial charge in [0.2, 0.25) is 5.91 Å². The molecule has 3 aliphatic heterocycles. The maximum absolute atomic E-state index is 13.9. The van der Waals surface area contributed by atoms with E-state index in [0.717, 1.165) is 5.56 Å². The number of phenolic OH excluding ortho intramolecular Hbond substituents is 1. The Balaban J connectivity index is 1.33. The van der Waals surface area contributed by atoms with Crippen LogP contribution in [0.5, 0.6) is 17.2 Å². The summed E-state index contributed by atoms with van der Waals surface area (Å²) in [7, 11) is 3.18. The first-order valence-corrected chi connectivity index (χ1v) is 15.9. The number of hydrogen-bond donors (Lipinski definition) is 3. The second kappa shape index (κ2) is 13.0. The number of rotatable bonds is 10. The fraction of sp³-hybridized carbons (Fsp3) is 0.379. The molecule has 0 spiro atoms. The number of ether oxygens (including phenoxy) is 2. The van der Waals surface area contributed by atoms with Gasteiger partial charge in [0.1, 0.15) is 33.2 Å². The molecular weight excluding hydrogens is 613 g/mol. The lowest BCUT2D eigenvalue weighted by Gasteiger charge is -2.49. The summed E-state index contributed by atoms with van der Waals surface area (Å²) in [6, 6.07) is 10.5. The summed E-state index contributed by atoms with van der Waals surface area (Å²) in [5, 5.41) is 22.0. The van der Waals surface area contributed by atoms with Crippen LogP contribution in [0.15, 0.2) is 53.7 Å². The third-order valence-electron chi connectivity index (χ3n) is 7.56. The number of aliphatic carboxylic acids is 1. The molecule has 0 radical (unpaired) electrons. The number of nitrogens with one attached hydrogen (secondary N) is 1. The highest BCUT2D eigenvalue weighted by atomic mass is 32.2. The molecule has 5 rings (SSSR count). The van der Waals surface area contributed by atoms with Gasteiger partial charge in [-0.2, -0.15) is 0 Å². The maximum atomic E-state index is 13.9. The molecule has 0 aromatic heterocycles. The van der Waals surface area contributed by atoms with Crippen molar-refractivity contribution in [3.63, 3.8) is 0 Å². The van der Waals surface area contributed by atoms with E-state index in [-0.39, 0.29) is 17.4 Å². The van der Waals surface area contributed by atoms with Crippen LogP contribution >= 0.6 is 35.7 Å². The van der Waals surface area contributed by atoms with Crippen molar-refractivity contribution in [1.29, 1.82) is 0 Å². The summed E-state index contributed by atoms with van der Waals surface area (Å²) in [6.07, 6.45) is 0.676. The Morgan fingerprint density at radius 3 is 2.53 bits per heavy atom. The average molecular weight is 645 g/mol. The highest BCUT2D eigenvalue weighted by Gasteiger charge is 2.54. The van der Waals surface area contributed by atoms with Gasteiger partial charge in [0.25, 0.3) is 5.91 Å². The fourth-order valence-electron chi connectivity index (χ4n) is 5.36. The Hall–Kier alpha value is -3.46. The number of carboxylic acids is 1. The van der Waals surface area contributed by atoms with Crippen molar-refractivity contribution in [3.05, 3.63) is 64.9 Å². The first kappa shape index (κ1) is 31.0. The number of aromatic hydroxyl groups is 1. The standard InChI is InChI=1S/C29H32N4O7S3/c1-16-13-42-27-22(26(36)33(27)23(16)28(37)38)30-25(35)24(18-5-7-19(34)8-6-18)32-14-31(29(41)43-15-32)11-10-17-4-9-20(39-2)21(12-17)40-3/h4-9,12,22,24,27,34H,10-11,13-15H2,1-3H3,(H,30,35)(H,37,38)/t22?,24?,27-/m1/s1. The third-order valence-corrected chi connectivity index (χ3v) is 10.6. The van der Waals surface area contributed by atoms with Gasteiger partial charge in [0, 0.05) is 12.3 Å². The lowest BCUT2D eigenvalue weighted by molar-refractivity contribution is -0.151. The Labute approximate surface area is 263 Å². The summed E-state index contributed by atoms with van der Waals surface area (Å²) in [4.78, 5) is 44.1. The predicted molar refractivity (Wildman–Crippen MR) is 168 cm³/mol. The molecule has 2 aromatic rings. The van der Waals surface area contributed by atoms with Crippen LogP contribution in [-0.2, 0) is 20.8 Å². The van der Waals surface area contributed by atoms with Crippen molar-refractivity contribution in [2.75, 3.05) is 39.1 Å². The van der Waals surface area contributed by atoms with E-state index in [1.807, 2.05) is 28.0 Å². The minimum Gasteiger partial charge on any atom is -0.508 e. The number of thiocarbonyl (C=S) groups is 1. The molecule has 2 fully saturated rings. The van der Waals surface area contributed by atoms with E-state index in [1.54, 1.807) is 33.3 Å². The Bertz CT molecular complexity index is 1470. The van der Waals surface area contributed by atoms with Crippen molar-refractivity contribution in [2.45, 2.75) is 30.8 Å². The van der Waals surface area contributed by atoms with E-state index in [4.69, 9.17) is 21.7 Å². The van der Waals surface area contributed by atoms with Crippen LogP contribution in [0.3, 0.4) is 0 Å². The van der Waals surface area contributed by atoms with Gasteiger partial charge in [-0.3, -0.25) is 19.4 Å². The molecule has 2 amide bonds. The molecule has 14 heteroatoms. The third kappa shape index (κ3) is 6.28. The SMILES string of the molecule is COc1ccc(CCN2CN(C(C(=O)NC3C(=O)N4C(C(=O)O)=C(C)CS[C@H]34)c3ccc(O)cc3)CSC2=S)cc1OC. The second-order valence-corrected chi connectivity index (χ2v) is 13.0. The minimum absolute atomic E-state index is 0.0135. The number of carbonyl (C=O) groups excluding carboxylic acids is 2. The Morgan fingerprint density at radius 2 is 1.86 bits per heavy atom. The highest BCUT2D eigenvalue weighted by Crippen LogP contribution is 2.41. The lowest BCUT2D eigenvalue weighted by atomic mass is 10.0. The number of methoxy groups -OCH3 is 2. The number of benzene rings is 2. The number of amides is 2. The van der Waals surface area contributed by atoms with Crippen molar-refractivity contribution in [2.24, 2.45) is 0 Å². The van der Waals surface area contributed by atoms with E-state index in [9.17, 15) is 24.6 Å². The van der Waals surface area contributed by atoms with Crippen LogP contribution < -0.4 is 14.8 Å². The smallest absolute Gasteiger partial charge is 0.352 e. The molecule has 3 atom stereocenters. The van der Waals surface area contributed by atoms with Gasteiger partial charge in [-0.05, 0) is 54.3 Å². The van der Waals surface area contributed by atoms with Crippen LogP contribution in [0.2, 0.25) is 0 Å². The molecule has 11 nitrogen and oxygen atoms in total. The Morgan fingerprint density at radius 1 is 1.14 bits per heavy atom. The van der Waals surface area contributed by atoms with E-state index < -0.39 is 29.3 Å². The van der Waals surface area contributed by atoms with Gasteiger partial charge < -0.3 is 29.9 Å². The lowest BCUT2D eigenvalue weighted by Crippen LogP contribution is -2.71. The van der Waals surface area contributed by atoms with E-state index >= 15 is 0 Å². The number of nitrogens with zero attached hydrogens (tertiary/aromatic N) is 3. The Kier molecular flexibility index (Phi) is 9.39. The van der Waals surface area contributed by atoms with Crippen molar-refractivity contribution in [3.8, 4) is 17.2 Å². The van der Waals surface area contributed by atoms with Crippen LogP contribution in [0.4, 0.5) is 0 Å². The summed E-state index contributed by atoms with van der Waals surface area (Å²) in [5.41, 5.74) is 2.28. The summed E-state index contributed by atoms with van der Waals surface area (Å²) < 4.78 is 11.5. The normalized spacial score (nSPS) is 21.2. The predicted octanol–water partition coefficient (Wildman–Crippen LogP) is 3.00. The van der Waals surface area contributed by atoms with E-state index in [0.29, 0.717) is 58.2 Å². The molecule has 0 aliphatic carbocycles. The monoisotopic (exact) mass is 644 g/mol. The topological polar surface area (TPSA) is 132 Å². The molecule has 3 heterocycles. The van der Waals surface area contributed by atoms with E-state index in [1.165, 1.54) is 40.6 Å². The van der Waals surface area contributed by atoms with Gasteiger partial charge in [0.15, 0.2) is 11.5 Å². The van der Waals surface area contributed by atoms with Crippen LogP contribution in [0.1, 0.15) is 24.1 Å². The zero-order valence-corrected chi connectivity index (χ0v) is 26.3. The van der Waals surface area contributed by atoms with Gasteiger partial charge in [0.05, 0.1) is 26.8 Å². The number of carboxylic acid groups (broad SMARTS) is 1. The second-order valence-electron chi connectivity index (χ2n) is 10.3. The molecule has 43 heavy (non-hydrogen) atoms. The van der Waals surface area contributed by atoms with Gasteiger partial charge in [-0.15, -0.1) is 11.8 Å². The van der Waals surface area contributed by atoms with Crippen molar-refractivity contribution in [1.82, 2.24) is 20.0 Å².